The van der Waals surface area contributed by atoms with Crippen LogP contribution < -0.4 is 9.64 Å². The van der Waals surface area contributed by atoms with Crippen molar-refractivity contribution in [1.82, 2.24) is 24.6 Å². The summed E-state index contributed by atoms with van der Waals surface area (Å²) in [4.78, 5) is 15.9. The Labute approximate surface area is 221 Å². The molecule has 1 saturated carbocycles. The van der Waals surface area contributed by atoms with Crippen LogP contribution in [0.5, 0.6) is 5.88 Å². The third-order valence-corrected chi connectivity index (χ3v) is 9.09. The van der Waals surface area contributed by atoms with Crippen LogP contribution in [0.25, 0.3) is 16.8 Å². The van der Waals surface area contributed by atoms with E-state index in [0.717, 1.165) is 23.5 Å². The van der Waals surface area contributed by atoms with Gasteiger partial charge in [-0.1, -0.05) is 6.92 Å². The van der Waals surface area contributed by atoms with E-state index in [9.17, 15) is 9.47 Å². The maximum Gasteiger partial charge on any atom is 0.232 e. The predicted molar refractivity (Wildman–Crippen MR) is 145 cm³/mol. The minimum atomic E-state index is -2.34. The van der Waals surface area contributed by atoms with E-state index in [2.05, 4.69) is 37.3 Å². The highest BCUT2D eigenvalue weighted by Crippen LogP contribution is 2.31. The van der Waals surface area contributed by atoms with E-state index < -0.39 is 9.73 Å². The molecule has 0 spiro atoms. The monoisotopic (exact) mass is 528 g/mol. The summed E-state index contributed by atoms with van der Waals surface area (Å²) in [5, 5.41) is 13.9. The lowest BCUT2D eigenvalue weighted by Gasteiger charge is -2.29. The van der Waals surface area contributed by atoms with Crippen molar-refractivity contribution in [2.24, 2.45) is 10.3 Å². The SMILES string of the molecule is CCc1ccc(N=S2(=O)CCN(c3ccc(-c4nc(OCC5CC5)cn5ncc(C#N)c45)cn3)CC2)cn1. The Kier molecular flexibility index (Phi) is 6.41. The van der Waals surface area contributed by atoms with Gasteiger partial charge >= 0.3 is 0 Å². The minimum Gasteiger partial charge on any atom is -0.476 e. The molecule has 5 heterocycles. The molecule has 1 aliphatic carbocycles. The topological polar surface area (TPSA) is 122 Å². The Hall–Kier alpha value is -4.04. The molecular formula is C27H28N8O2S. The van der Waals surface area contributed by atoms with Crippen molar-refractivity contribution in [1.29, 1.82) is 5.26 Å². The average molecular weight is 529 g/mol. The van der Waals surface area contributed by atoms with Crippen LogP contribution in [0.1, 0.15) is 31.0 Å². The van der Waals surface area contributed by atoms with Crippen molar-refractivity contribution in [2.45, 2.75) is 26.2 Å². The minimum absolute atomic E-state index is 0.444. The number of fused-ring (bicyclic) bond motifs is 1. The molecule has 194 valence electrons. The number of nitriles is 1. The van der Waals surface area contributed by atoms with Gasteiger partial charge in [-0.05, 0) is 49.4 Å². The Morgan fingerprint density at radius 1 is 1.13 bits per heavy atom. The van der Waals surface area contributed by atoms with E-state index in [4.69, 9.17) is 9.72 Å². The number of pyridine rings is 2. The summed E-state index contributed by atoms with van der Waals surface area (Å²) in [5.74, 6) is 2.81. The van der Waals surface area contributed by atoms with Gasteiger partial charge in [-0.25, -0.2) is 18.7 Å². The van der Waals surface area contributed by atoms with E-state index in [1.165, 1.54) is 19.0 Å². The number of nitrogens with zero attached hydrogens (tertiary/aromatic N) is 8. The Balaban J connectivity index is 1.21. The van der Waals surface area contributed by atoms with Gasteiger partial charge in [0.2, 0.25) is 5.88 Å². The van der Waals surface area contributed by atoms with Crippen LogP contribution in [-0.2, 0) is 16.1 Å². The molecule has 0 atom stereocenters. The molecule has 4 aromatic heterocycles. The standard InChI is InChI=1S/C27H28N8O2S/c1-2-22-6-7-23(16-29-22)33-38(36)11-9-34(10-12-38)24-8-5-20(14-30-24)26-27-21(13-28)15-31-35(27)17-25(32-26)37-18-19-3-4-19/h5-8,14-17,19H,2-4,9-12,18H2,1H3. The molecule has 11 heteroatoms. The van der Waals surface area contributed by atoms with Crippen LogP contribution in [-0.4, -0.2) is 60.0 Å². The van der Waals surface area contributed by atoms with Crippen molar-refractivity contribution >= 4 is 26.8 Å². The van der Waals surface area contributed by atoms with E-state index in [0.29, 0.717) is 65.5 Å². The summed E-state index contributed by atoms with van der Waals surface area (Å²) in [6.45, 7) is 3.88. The maximum atomic E-state index is 13.3. The molecular weight excluding hydrogens is 500 g/mol. The maximum absolute atomic E-state index is 13.3. The number of aromatic nitrogens is 5. The van der Waals surface area contributed by atoms with E-state index >= 15 is 0 Å². The van der Waals surface area contributed by atoms with Crippen LogP contribution in [0, 0.1) is 17.2 Å². The molecule has 4 aromatic rings. The molecule has 1 saturated heterocycles. The smallest absolute Gasteiger partial charge is 0.232 e. The molecule has 0 N–H and O–H groups in total. The molecule has 0 radical (unpaired) electrons. The molecule has 0 bridgehead atoms. The van der Waals surface area contributed by atoms with Gasteiger partial charge in [-0.2, -0.15) is 14.7 Å². The normalized spacial score (nSPS) is 16.8. The van der Waals surface area contributed by atoms with Gasteiger partial charge in [0.1, 0.15) is 28.7 Å². The Bertz CT molecular complexity index is 1610. The first-order chi connectivity index (χ1) is 18.5. The summed E-state index contributed by atoms with van der Waals surface area (Å²) in [6.07, 6.45) is 9.94. The molecule has 1 aliphatic heterocycles. The third-order valence-electron chi connectivity index (χ3n) is 6.91. The third kappa shape index (κ3) is 5.04. The van der Waals surface area contributed by atoms with Crippen LogP contribution in [0.2, 0.25) is 0 Å². The molecule has 0 amide bonds. The van der Waals surface area contributed by atoms with Gasteiger partial charge in [0, 0.05) is 42.0 Å². The van der Waals surface area contributed by atoms with Crippen LogP contribution in [0.15, 0.2) is 53.4 Å². The van der Waals surface area contributed by atoms with Gasteiger partial charge in [-0.3, -0.25) is 4.98 Å². The summed E-state index contributed by atoms with van der Waals surface area (Å²) < 4.78 is 25.4. The van der Waals surface area contributed by atoms with Gasteiger partial charge in [0.05, 0.1) is 40.6 Å². The van der Waals surface area contributed by atoms with Crippen LogP contribution in [0.4, 0.5) is 11.5 Å². The fourth-order valence-electron chi connectivity index (χ4n) is 4.46. The summed E-state index contributed by atoms with van der Waals surface area (Å²) >= 11 is 0. The van der Waals surface area contributed by atoms with Crippen molar-refractivity contribution in [2.75, 3.05) is 36.1 Å². The van der Waals surface area contributed by atoms with Gasteiger partial charge in [-0.15, -0.1) is 0 Å². The lowest BCUT2D eigenvalue weighted by atomic mass is 10.1. The molecule has 6 rings (SSSR count). The van der Waals surface area contributed by atoms with E-state index in [1.807, 2.05) is 24.3 Å². The zero-order valence-electron chi connectivity index (χ0n) is 21.2. The summed E-state index contributed by atoms with van der Waals surface area (Å²) in [7, 11) is -2.34. The largest absolute Gasteiger partial charge is 0.476 e. The summed E-state index contributed by atoms with van der Waals surface area (Å²) in [6, 6.07) is 9.90. The second-order valence-electron chi connectivity index (χ2n) is 9.67. The Morgan fingerprint density at radius 3 is 2.63 bits per heavy atom. The quantitative estimate of drug-likeness (QED) is 0.352. The van der Waals surface area contributed by atoms with Gasteiger partial charge in [0.25, 0.3) is 0 Å². The number of hydrogen-bond acceptors (Lipinski definition) is 9. The average Bonchev–Trinajstić information content (AvgIpc) is 3.69. The molecule has 0 aromatic carbocycles. The fourth-order valence-corrected chi connectivity index (χ4v) is 6.35. The zero-order chi connectivity index (χ0) is 26.1. The molecule has 38 heavy (non-hydrogen) atoms. The van der Waals surface area contributed by atoms with E-state index in [-0.39, 0.29) is 0 Å². The summed E-state index contributed by atoms with van der Waals surface area (Å²) in [5.41, 5.74) is 4.11. The first-order valence-corrected chi connectivity index (χ1v) is 14.7. The van der Waals surface area contributed by atoms with Crippen LogP contribution >= 0.6 is 0 Å². The molecule has 2 fully saturated rings. The first-order valence-electron chi connectivity index (χ1n) is 12.8. The number of hydrogen-bond donors (Lipinski definition) is 0. The zero-order valence-corrected chi connectivity index (χ0v) is 22.0. The number of anilines is 1. The second kappa shape index (κ2) is 10.0. The molecule has 0 unspecified atom stereocenters. The highest BCUT2D eigenvalue weighted by Gasteiger charge is 2.24. The van der Waals surface area contributed by atoms with E-state index in [1.54, 1.807) is 23.1 Å². The predicted octanol–water partition coefficient (Wildman–Crippen LogP) is 4.03. The number of aryl methyl sites for hydroxylation is 1. The number of rotatable bonds is 7. The lowest BCUT2D eigenvalue weighted by Crippen LogP contribution is -2.40. The highest BCUT2D eigenvalue weighted by molar-refractivity contribution is 7.93. The van der Waals surface area contributed by atoms with Gasteiger partial charge < -0.3 is 9.64 Å². The fraction of sp³-hybridized carbons (Fsp3) is 0.370. The van der Waals surface area contributed by atoms with Crippen molar-refractivity contribution in [3.05, 3.63) is 60.3 Å². The molecule has 10 nitrogen and oxygen atoms in total. The van der Waals surface area contributed by atoms with Crippen molar-refractivity contribution < 1.29 is 8.95 Å². The first kappa shape index (κ1) is 24.3. The van der Waals surface area contributed by atoms with Gasteiger partial charge in [0.15, 0.2) is 0 Å². The van der Waals surface area contributed by atoms with Crippen molar-refractivity contribution in [3.63, 3.8) is 0 Å². The molecule has 2 aliphatic rings. The highest BCUT2D eigenvalue weighted by atomic mass is 32.2. The number of ether oxygens (including phenoxy) is 1. The van der Waals surface area contributed by atoms with Crippen LogP contribution in [0.3, 0.4) is 0 Å². The Morgan fingerprint density at radius 2 is 1.97 bits per heavy atom. The lowest BCUT2D eigenvalue weighted by molar-refractivity contribution is 0.287. The van der Waals surface area contributed by atoms with Crippen molar-refractivity contribution in [3.8, 4) is 23.2 Å². The second-order valence-corrected chi connectivity index (χ2v) is 12.2.